The first-order chi connectivity index (χ1) is 8.15. The molecular weight excluding hydrogens is 308 g/mol. The number of nitrogens with zero attached hydrogens (tertiary/aromatic N) is 1. The summed E-state index contributed by atoms with van der Waals surface area (Å²) in [6.07, 6.45) is 0.0898. The molecule has 0 bridgehead atoms. The van der Waals surface area contributed by atoms with E-state index in [1.165, 1.54) is 0 Å². The fraction of sp³-hybridized carbons (Fsp3) is 0.917. The summed E-state index contributed by atoms with van der Waals surface area (Å²) in [5.41, 5.74) is -0.654. The van der Waals surface area contributed by atoms with Crippen molar-refractivity contribution >= 4 is 22.0 Å². The average Bonchev–Trinajstić information content (AvgIpc) is 2.18. The van der Waals surface area contributed by atoms with E-state index in [4.69, 9.17) is 4.74 Å². The maximum atomic E-state index is 13.8. The van der Waals surface area contributed by atoms with Crippen LogP contribution in [-0.4, -0.2) is 40.9 Å². The molecule has 1 atom stereocenters. The molecule has 0 aliphatic carbocycles. The second-order valence-electron chi connectivity index (χ2n) is 5.63. The molecule has 18 heavy (non-hydrogen) atoms. The Hall–Kier alpha value is -0.390. The summed E-state index contributed by atoms with van der Waals surface area (Å²) in [7, 11) is 0. The fourth-order valence-electron chi connectivity index (χ4n) is 1.96. The highest BCUT2D eigenvalue weighted by Gasteiger charge is 2.45. The van der Waals surface area contributed by atoms with Gasteiger partial charge in [-0.3, -0.25) is 0 Å². The Kier molecular flexibility index (Phi) is 4.98. The van der Waals surface area contributed by atoms with Gasteiger partial charge in [-0.15, -0.1) is 0 Å². The highest BCUT2D eigenvalue weighted by molar-refractivity contribution is 9.09. The number of hydrogen-bond acceptors (Lipinski definition) is 2. The number of carbonyl (C=O) groups excluding carboxylic acids is 1. The Morgan fingerprint density at radius 3 is 2.56 bits per heavy atom. The monoisotopic (exact) mass is 327 g/mol. The molecule has 0 spiro atoms. The Balaban J connectivity index is 2.60. The van der Waals surface area contributed by atoms with Gasteiger partial charge in [0.1, 0.15) is 5.60 Å². The third-order valence-electron chi connectivity index (χ3n) is 2.86. The predicted molar refractivity (Wildman–Crippen MR) is 69.3 cm³/mol. The van der Waals surface area contributed by atoms with Crippen molar-refractivity contribution in [2.45, 2.75) is 45.1 Å². The predicted octanol–water partition coefficient (Wildman–Crippen LogP) is 3.66. The zero-order chi connectivity index (χ0) is 14.0. The van der Waals surface area contributed by atoms with E-state index in [1.807, 2.05) is 0 Å². The number of alkyl halides is 3. The molecule has 1 saturated heterocycles. The van der Waals surface area contributed by atoms with Gasteiger partial charge in [-0.25, -0.2) is 13.6 Å². The Labute approximate surface area is 115 Å². The van der Waals surface area contributed by atoms with E-state index < -0.39 is 30.1 Å². The standard InChI is InChI=1S/C12H20BrF2NO2/c1-11(2,3)18-10(17)16-7-5-9(4-6-13)12(14,15)8-16/h9H,4-8H2,1-3H3. The first-order valence-corrected chi connectivity index (χ1v) is 7.19. The third-order valence-corrected chi connectivity index (χ3v) is 3.31. The summed E-state index contributed by atoms with van der Waals surface area (Å²) in [4.78, 5) is 12.8. The summed E-state index contributed by atoms with van der Waals surface area (Å²) in [5.74, 6) is -3.49. The van der Waals surface area contributed by atoms with Gasteiger partial charge in [-0.2, -0.15) is 0 Å². The Morgan fingerprint density at radius 1 is 1.50 bits per heavy atom. The third kappa shape index (κ3) is 4.37. The van der Waals surface area contributed by atoms with E-state index >= 15 is 0 Å². The van der Waals surface area contributed by atoms with Crippen molar-refractivity contribution in [3.8, 4) is 0 Å². The molecule has 6 heteroatoms. The normalized spacial score (nSPS) is 23.9. The number of piperidine rings is 1. The molecule has 1 aliphatic rings. The lowest BCUT2D eigenvalue weighted by Gasteiger charge is -2.38. The minimum Gasteiger partial charge on any atom is -0.444 e. The fourth-order valence-corrected chi connectivity index (χ4v) is 2.51. The molecule has 1 unspecified atom stereocenters. The Bertz CT molecular complexity index is 305. The number of likely N-dealkylation sites (tertiary alicyclic amines) is 1. The van der Waals surface area contributed by atoms with Gasteiger partial charge in [0.15, 0.2) is 0 Å². The lowest BCUT2D eigenvalue weighted by molar-refractivity contribution is -0.110. The SMILES string of the molecule is CC(C)(C)OC(=O)N1CCC(CCBr)C(F)(F)C1. The lowest BCUT2D eigenvalue weighted by atomic mass is 9.91. The average molecular weight is 328 g/mol. The topological polar surface area (TPSA) is 29.5 Å². The van der Waals surface area contributed by atoms with Crippen molar-refractivity contribution in [2.75, 3.05) is 18.4 Å². The van der Waals surface area contributed by atoms with E-state index in [9.17, 15) is 13.6 Å². The number of hydrogen-bond donors (Lipinski definition) is 0. The van der Waals surface area contributed by atoms with Gasteiger partial charge in [0.2, 0.25) is 0 Å². The van der Waals surface area contributed by atoms with E-state index in [0.717, 1.165) is 4.90 Å². The molecule has 106 valence electrons. The van der Waals surface area contributed by atoms with Crippen LogP contribution in [0.1, 0.15) is 33.6 Å². The van der Waals surface area contributed by atoms with Crippen molar-refractivity contribution in [3.05, 3.63) is 0 Å². The summed E-state index contributed by atoms with van der Waals surface area (Å²) in [6, 6.07) is 0. The largest absolute Gasteiger partial charge is 0.444 e. The zero-order valence-corrected chi connectivity index (χ0v) is 12.6. The molecule has 0 radical (unpaired) electrons. The number of amides is 1. The summed E-state index contributed by atoms with van der Waals surface area (Å²) in [6.45, 7) is 4.96. The van der Waals surface area contributed by atoms with Gasteiger partial charge in [-0.1, -0.05) is 15.9 Å². The molecule has 1 amide bonds. The highest BCUT2D eigenvalue weighted by Crippen LogP contribution is 2.35. The van der Waals surface area contributed by atoms with Gasteiger partial charge in [0.25, 0.3) is 5.92 Å². The second-order valence-corrected chi connectivity index (χ2v) is 6.42. The summed E-state index contributed by atoms with van der Waals surface area (Å²) < 4.78 is 32.8. The Morgan fingerprint density at radius 2 is 2.11 bits per heavy atom. The van der Waals surface area contributed by atoms with Crippen LogP contribution in [0.25, 0.3) is 0 Å². The molecule has 0 aromatic rings. The summed E-state index contributed by atoms with van der Waals surface area (Å²) in [5, 5.41) is 0.555. The quantitative estimate of drug-likeness (QED) is 0.724. The minimum absolute atomic E-state index is 0.317. The molecule has 1 heterocycles. The molecule has 1 aliphatic heterocycles. The van der Waals surface area contributed by atoms with Crippen LogP contribution < -0.4 is 0 Å². The van der Waals surface area contributed by atoms with Crippen molar-refractivity contribution < 1.29 is 18.3 Å². The number of ether oxygens (including phenoxy) is 1. The van der Waals surface area contributed by atoms with Crippen molar-refractivity contribution in [1.29, 1.82) is 0 Å². The first-order valence-electron chi connectivity index (χ1n) is 6.07. The van der Waals surface area contributed by atoms with Gasteiger partial charge in [-0.05, 0) is 33.6 Å². The van der Waals surface area contributed by atoms with Gasteiger partial charge in [0, 0.05) is 17.8 Å². The number of carbonyl (C=O) groups is 1. The molecule has 0 aromatic heterocycles. The molecule has 1 rings (SSSR count). The maximum Gasteiger partial charge on any atom is 0.410 e. The molecule has 0 N–H and O–H groups in total. The minimum atomic E-state index is -2.83. The second kappa shape index (κ2) is 5.72. The van der Waals surface area contributed by atoms with Crippen LogP contribution in [-0.2, 0) is 4.74 Å². The van der Waals surface area contributed by atoms with Crippen LogP contribution in [0.3, 0.4) is 0 Å². The molecule has 0 saturated carbocycles. The molecular formula is C12H20BrF2NO2. The van der Waals surface area contributed by atoms with Gasteiger partial charge >= 0.3 is 6.09 Å². The smallest absolute Gasteiger partial charge is 0.410 e. The number of rotatable bonds is 2. The van der Waals surface area contributed by atoms with Crippen LogP contribution in [0.4, 0.5) is 13.6 Å². The van der Waals surface area contributed by atoms with E-state index in [2.05, 4.69) is 15.9 Å². The number of halogens is 3. The van der Waals surface area contributed by atoms with E-state index in [0.29, 0.717) is 24.7 Å². The summed E-state index contributed by atoms with van der Waals surface area (Å²) >= 11 is 3.18. The van der Waals surface area contributed by atoms with E-state index in [1.54, 1.807) is 20.8 Å². The highest BCUT2D eigenvalue weighted by atomic mass is 79.9. The van der Waals surface area contributed by atoms with Crippen molar-refractivity contribution in [1.82, 2.24) is 4.90 Å². The van der Waals surface area contributed by atoms with Crippen molar-refractivity contribution in [3.63, 3.8) is 0 Å². The molecule has 3 nitrogen and oxygen atoms in total. The van der Waals surface area contributed by atoms with Crippen LogP contribution in [0.15, 0.2) is 0 Å². The molecule has 1 fully saturated rings. The lowest BCUT2D eigenvalue weighted by Crippen LogP contribution is -2.51. The van der Waals surface area contributed by atoms with Crippen LogP contribution in [0, 0.1) is 5.92 Å². The maximum absolute atomic E-state index is 13.8. The van der Waals surface area contributed by atoms with Crippen LogP contribution >= 0.6 is 15.9 Å². The molecule has 0 aromatic carbocycles. The van der Waals surface area contributed by atoms with Crippen LogP contribution in [0.2, 0.25) is 0 Å². The van der Waals surface area contributed by atoms with E-state index in [-0.39, 0.29) is 0 Å². The van der Waals surface area contributed by atoms with Gasteiger partial charge in [0.05, 0.1) is 6.54 Å². The van der Waals surface area contributed by atoms with Gasteiger partial charge < -0.3 is 9.64 Å². The van der Waals surface area contributed by atoms with Crippen LogP contribution in [0.5, 0.6) is 0 Å². The zero-order valence-electron chi connectivity index (χ0n) is 11.0. The van der Waals surface area contributed by atoms with Crippen molar-refractivity contribution in [2.24, 2.45) is 5.92 Å². The first kappa shape index (κ1) is 15.7.